The Balaban J connectivity index is 1.97. The zero-order chi connectivity index (χ0) is 12.7. The third-order valence-corrected chi connectivity index (χ3v) is 3.95. The number of benzene rings is 1. The molecule has 0 radical (unpaired) electrons. The first-order chi connectivity index (χ1) is 8.65. The van der Waals surface area contributed by atoms with Gasteiger partial charge in [0.1, 0.15) is 0 Å². The van der Waals surface area contributed by atoms with E-state index in [-0.39, 0.29) is 12.0 Å². The molecule has 18 heavy (non-hydrogen) atoms. The van der Waals surface area contributed by atoms with Gasteiger partial charge in [0.05, 0.1) is 5.57 Å². The lowest BCUT2D eigenvalue weighted by Gasteiger charge is -1.95. The average Bonchev–Trinajstić information content (AvgIpc) is 2.86. The van der Waals surface area contributed by atoms with E-state index in [4.69, 9.17) is 0 Å². The number of fused-ring (bicyclic) bond motifs is 1. The quantitative estimate of drug-likeness (QED) is 0.810. The zero-order valence-electron chi connectivity index (χ0n) is 9.27. The third-order valence-electron chi connectivity index (χ3n) is 2.83. The average molecular weight is 259 g/mol. The Kier molecular flexibility index (Phi) is 2.41. The molecule has 1 aliphatic rings. The largest absolute Gasteiger partial charge is 0.503 e. The van der Waals surface area contributed by atoms with E-state index in [1.807, 2.05) is 30.3 Å². The fourth-order valence-corrected chi connectivity index (χ4v) is 3.02. The van der Waals surface area contributed by atoms with Crippen molar-refractivity contribution in [1.82, 2.24) is 5.32 Å². The van der Waals surface area contributed by atoms with Gasteiger partial charge in [0, 0.05) is 16.0 Å². The van der Waals surface area contributed by atoms with Crippen LogP contribution in [0.2, 0.25) is 0 Å². The molecule has 0 saturated heterocycles. The Morgan fingerprint density at radius 2 is 1.94 bits per heavy atom. The topological polar surface area (TPSA) is 66.4 Å². The molecule has 0 atom stereocenters. The number of rotatable bonds is 2. The van der Waals surface area contributed by atoms with Crippen LogP contribution in [0.3, 0.4) is 0 Å². The van der Waals surface area contributed by atoms with Crippen molar-refractivity contribution in [3.63, 3.8) is 0 Å². The van der Waals surface area contributed by atoms with Crippen LogP contribution in [0, 0.1) is 0 Å². The van der Waals surface area contributed by atoms with Gasteiger partial charge in [-0.2, -0.15) is 0 Å². The summed E-state index contributed by atoms with van der Waals surface area (Å²) in [6.07, 6.45) is 0.281. The number of aliphatic hydroxyl groups is 1. The molecule has 1 aromatic carbocycles. The van der Waals surface area contributed by atoms with Crippen LogP contribution >= 0.6 is 11.3 Å². The SMILES string of the molecule is O=C1NC(=O)C(Cc2cc3ccccc3s2)=C1O. The molecule has 0 fully saturated rings. The molecule has 2 N–H and O–H groups in total. The minimum Gasteiger partial charge on any atom is -0.503 e. The monoisotopic (exact) mass is 259 g/mol. The second-order valence-corrected chi connectivity index (χ2v) is 5.21. The fourth-order valence-electron chi connectivity index (χ4n) is 1.94. The molecule has 2 aromatic rings. The van der Waals surface area contributed by atoms with Crippen molar-refractivity contribution in [2.24, 2.45) is 0 Å². The predicted octanol–water partition coefficient (Wildman–Crippen LogP) is 1.91. The molecule has 5 heteroatoms. The normalized spacial score (nSPS) is 15.6. The highest BCUT2D eigenvalue weighted by atomic mass is 32.1. The first-order valence-corrected chi connectivity index (χ1v) is 6.22. The van der Waals surface area contributed by atoms with Gasteiger partial charge >= 0.3 is 0 Å². The number of thiophene rings is 1. The van der Waals surface area contributed by atoms with Gasteiger partial charge in [0.15, 0.2) is 5.76 Å². The highest BCUT2D eigenvalue weighted by Gasteiger charge is 2.30. The summed E-state index contributed by atoms with van der Waals surface area (Å²) in [5, 5.41) is 12.7. The van der Waals surface area contributed by atoms with Gasteiger partial charge in [-0.15, -0.1) is 11.3 Å². The number of nitrogens with one attached hydrogen (secondary N) is 1. The van der Waals surface area contributed by atoms with Crippen LogP contribution in [0.4, 0.5) is 0 Å². The van der Waals surface area contributed by atoms with Gasteiger partial charge < -0.3 is 5.11 Å². The van der Waals surface area contributed by atoms with E-state index >= 15 is 0 Å². The second kappa shape index (κ2) is 3.96. The van der Waals surface area contributed by atoms with Crippen molar-refractivity contribution in [1.29, 1.82) is 0 Å². The van der Waals surface area contributed by atoms with Gasteiger partial charge in [-0.1, -0.05) is 18.2 Å². The van der Waals surface area contributed by atoms with Crippen LogP contribution in [0.5, 0.6) is 0 Å². The summed E-state index contributed by atoms with van der Waals surface area (Å²) < 4.78 is 1.12. The van der Waals surface area contributed by atoms with E-state index in [2.05, 4.69) is 5.32 Å². The van der Waals surface area contributed by atoms with E-state index in [1.54, 1.807) is 11.3 Å². The number of amides is 2. The molecular weight excluding hydrogens is 250 g/mol. The molecule has 1 aliphatic heterocycles. The van der Waals surface area contributed by atoms with Gasteiger partial charge in [0.2, 0.25) is 0 Å². The molecule has 0 aliphatic carbocycles. The lowest BCUT2D eigenvalue weighted by Crippen LogP contribution is -2.23. The van der Waals surface area contributed by atoms with Crippen molar-refractivity contribution in [3.8, 4) is 0 Å². The van der Waals surface area contributed by atoms with Gasteiger partial charge in [-0.3, -0.25) is 14.9 Å². The molecular formula is C13H9NO3S. The zero-order valence-corrected chi connectivity index (χ0v) is 10.1. The second-order valence-electron chi connectivity index (χ2n) is 4.04. The lowest BCUT2D eigenvalue weighted by molar-refractivity contribution is -0.125. The summed E-state index contributed by atoms with van der Waals surface area (Å²) in [5.41, 5.74) is 0.145. The Morgan fingerprint density at radius 1 is 1.17 bits per heavy atom. The number of imide groups is 1. The van der Waals surface area contributed by atoms with Crippen LogP contribution in [-0.2, 0) is 16.0 Å². The summed E-state index contributed by atoms with van der Waals surface area (Å²) in [6, 6.07) is 9.85. The molecule has 0 unspecified atom stereocenters. The minimum atomic E-state index is -0.712. The van der Waals surface area contributed by atoms with Crippen LogP contribution in [0.25, 0.3) is 10.1 Å². The van der Waals surface area contributed by atoms with Gasteiger partial charge in [-0.25, -0.2) is 0 Å². The summed E-state index contributed by atoms with van der Waals surface area (Å²) >= 11 is 1.55. The van der Waals surface area contributed by atoms with Crippen molar-refractivity contribution in [3.05, 3.63) is 46.5 Å². The number of hydrogen-bond acceptors (Lipinski definition) is 4. The Bertz CT molecular complexity index is 666. The fraction of sp³-hybridized carbons (Fsp3) is 0.0769. The number of hydrogen-bond donors (Lipinski definition) is 2. The lowest BCUT2D eigenvalue weighted by atomic mass is 10.1. The standard InChI is InChI=1S/C13H9NO3S/c15-11-9(12(16)14-13(11)17)6-8-5-7-3-1-2-4-10(7)18-8/h1-5H,6H2,(H2,14,15,16,17). The molecule has 4 nitrogen and oxygen atoms in total. The summed E-state index contributed by atoms with van der Waals surface area (Å²) in [4.78, 5) is 23.5. The summed E-state index contributed by atoms with van der Waals surface area (Å²) in [6.45, 7) is 0. The first kappa shape index (κ1) is 11.0. The molecule has 90 valence electrons. The number of carbonyl (C=O) groups excluding carboxylic acids is 2. The Labute approximate surface area is 107 Å². The predicted molar refractivity (Wildman–Crippen MR) is 68.3 cm³/mol. The maximum absolute atomic E-state index is 11.5. The third kappa shape index (κ3) is 1.69. The van der Waals surface area contributed by atoms with E-state index < -0.39 is 17.6 Å². The van der Waals surface area contributed by atoms with Crippen molar-refractivity contribution >= 4 is 33.2 Å². The van der Waals surface area contributed by atoms with E-state index in [1.165, 1.54) is 0 Å². The highest BCUT2D eigenvalue weighted by molar-refractivity contribution is 7.19. The molecule has 2 heterocycles. The van der Waals surface area contributed by atoms with E-state index in [0.29, 0.717) is 0 Å². The minimum absolute atomic E-state index is 0.145. The number of carbonyl (C=O) groups is 2. The van der Waals surface area contributed by atoms with E-state index in [9.17, 15) is 14.7 Å². The molecule has 2 amide bonds. The van der Waals surface area contributed by atoms with Crippen LogP contribution < -0.4 is 5.32 Å². The maximum atomic E-state index is 11.5. The molecule has 0 saturated carbocycles. The molecule has 0 bridgehead atoms. The Hall–Kier alpha value is -2.14. The van der Waals surface area contributed by atoms with Crippen molar-refractivity contribution in [2.75, 3.05) is 0 Å². The molecule has 3 rings (SSSR count). The number of aliphatic hydroxyl groups excluding tert-OH is 1. The van der Waals surface area contributed by atoms with Crippen molar-refractivity contribution < 1.29 is 14.7 Å². The van der Waals surface area contributed by atoms with Crippen LogP contribution in [0.15, 0.2) is 41.7 Å². The summed E-state index contributed by atoms with van der Waals surface area (Å²) in [7, 11) is 0. The summed E-state index contributed by atoms with van der Waals surface area (Å²) in [5.74, 6) is -1.68. The molecule has 1 aromatic heterocycles. The van der Waals surface area contributed by atoms with Gasteiger partial charge in [-0.05, 0) is 17.5 Å². The van der Waals surface area contributed by atoms with Crippen molar-refractivity contribution in [2.45, 2.75) is 6.42 Å². The highest BCUT2D eigenvalue weighted by Crippen LogP contribution is 2.28. The van der Waals surface area contributed by atoms with E-state index in [0.717, 1.165) is 15.0 Å². The van der Waals surface area contributed by atoms with Gasteiger partial charge in [0.25, 0.3) is 11.8 Å². The van der Waals surface area contributed by atoms with Crippen LogP contribution in [0.1, 0.15) is 4.88 Å². The van der Waals surface area contributed by atoms with Crippen LogP contribution in [-0.4, -0.2) is 16.9 Å². The molecule has 0 spiro atoms. The Morgan fingerprint density at radius 3 is 2.61 bits per heavy atom. The first-order valence-electron chi connectivity index (χ1n) is 5.40. The smallest absolute Gasteiger partial charge is 0.293 e. The maximum Gasteiger partial charge on any atom is 0.293 e.